The van der Waals surface area contributed by atoms with Crippen molar-refractivity contribution in [2.24, 2.45) is 0 Å². The highest BCUT2D eigenvalue weighted by Gasteiger charge is 2.09. The zero-order chi connectivity index (χ0) is 17.8. The molecule has 0 aliphatic rings. The van der Waals surface area contributed by atoms with Crippen LogP contribution in [0.3, 0.4) is 0 Å². The molecule has 0 fully saturated rings. The molecule has 0 saturated heterocycles. The summed E-state index contributed by atoms with van der Waals surface area (Å²) in [4.78, 5) is 26.7. The topological polar surface area (TPSA) is 74.3 Å². The van der Waals surface area contributed by atoms with Gasteiger partial charge in [0.15, 0.2) is 5.82 Å². The minimum atomic E-state index is 0.0382. The number of fused-ring (bicyclic) bond motifs is 1. The Morgan fingerprint density at radius 2 is 2.04 bits per heavy atom. The summed E-state index contributed by atoms with van der Waals surface area (Å²) in [6.07, 6.45) is 5.15. The number of aromatic nitrogens is 3. The van der Waals surface area contributed by atoms with Gasteiger partial charge >= 0.3 is 0 Å². The summed E-state index contributed by atoms with van der Waals surface area (Å²) in [5.74, 6) is 1.85. The minimum absolute atomic E-state index is 0.0382. The molecule has 1 aromatic carbocycles. The van der Waals surface area contributed by atoms with E-state index in [9.17, 15) is 4.79 Å². The lowest BCUT2D eigenvalue weighted by molar-refractivity contribution is -0.127. The number of amides is 1. The summed E-state index contributed by atoms with van der Waals surface area (Å²) in [5.41, 5.74) is 1.01. The molecule has 0 spiro atoms. The number of benzene rings is 1. The molecule has 0 aliphatic heterocycles. The first-order valence-corrected chi connectivity index (χ1v) is 8.03. The number of rotatable bonds is 6. The van der Waals surface area contributed by atoms with Gasteiger partial charge < -0.3 is 19.5 Å². The summed E-state index contributed by atoms with van der Waals surface area (Å²) < 4.78 is 5.83. The van der Waals surface area contributed by atoms with Crippen molar-refractivity contribution >= 4 is 22.6 Å². The Bertz CT molecular complexity index is 877. The van der Waals surface area contributed by atoms with Gasteiger partial charge in [0.25, 0.3) is 0 Å². The third-order valence-electron chi connectivity index (χ3n) is 4.05. The van der Waals surface area contributed by atoms with Gasteiger partial charge in [-0.15, -0.1) is 0 Å². The predicted octanol–water partition coefficient (Wildman–Crippen LogP) is 2.66. The van der Waals surface area contributed by atoms with Crippen molar-refractivity contribution in [1.82, 2.24) is 19.9 Å². The molecule has 0 bridgehead atoms. The standard InChI is InChI=1S/C18H21N5O2/c1-13(24)22(2)8-9-23(3)17-11-19-12-18(21-17)25-15-5-4-14-6-7-20-16(14)10-15/h4-7,10-12,20H,8-9H2,1-3H3. The Kier molecular flexibility index (Phi) is 4.83. The van der Waals surface area contributed by atoms with Crippen molar-refractivity contribution in [3.8, 4) is 11.6 Å². The van der Waals surface area contributed by atoms with Gasteiger partial charge in [0.2, 0.25) is 11.8 Å². The van der Waals surface area contributed by atoms with Crippen LogP contribution >= 0.6 is 0 Å². The van der Waals surface area contributed by atoms with E-state index in [0.717, 1.165) is 10.9 Å². The van der Waals surface area contributed by atoms with Gasteiger partial charge in [0.1, 0.15) is 5.75 Å². The second kappa shape index (κ2) is 7.21. The number of H-pyrrole nitrogens is 1. The van der Waals surface area contributed by atoms with Gasteiger partial charge in [-0.3, -0.25) is 9.78 Å². The largest absolute Gasteiger partial charge is 0.437 e. The minimum Gasteiger partial charge on any atom is -0.437 e. The molecular formula is C18H21N5O2. The van der Waals surface area contributed by atoms with Crippen LogP contribution in [-0.2, 0) is 4.79 Å². The van der Waals surface area contributed by atoms with Crippen molar-refractivity contribution in [2.75, 3.05) is 32.1 Å². The molecule has 3 rings (SSSR count). The van der Waals surface area contributed by atoms with Crippen LogP contribution in [0.1, 0.15) is 6.92 Å². The number of anilines is 1. The number of hydrogen-bond donors (Lipinski definition) is 1. The normalized spacial score (nSPS) is 10.7. The molecular weight excluding hydrogens is 318 g/mol. The van der Waals surface area contributed by atoms with Crippen LogP contribution in [0.5, 0.6) is 11.6 Å². The molecule has 130 valence electrons. The van der Waals surface area contributed by atoms with Crippen LogP contribution in [0.4, 0.5) is 5.82 Å². The van der Waals surface area contributed by atoms with E-state index in [1.165, 1.54) is 0 Å². The summed E-state index contributed by atoms with van der Waals surface area (Å²) in [6, 6.07) is 7.82. The van der Waals surface area contributed by atoms with Gasteiger partial charge in [-0.05, 0) is 23.6 Å². The molecule has 7 nitrogen and oxygen atoms in total. The molecule has 2 aromatic heterocycles. The van der Waals surface area contributed by atoms with E-state index in [2.05, 4.69) is 15.0 Å². The first-order chi connectivity index (χ1) is 12.0. The van der Waals surface area contributed by atoms with Crippen LogP contribution in [0, 0.1) is 0 Å². The lowest BCUT2D eigenvalue weighted by Gasteiger charge is -2.22. The molecule has 1 N–H and O–H groups in total. The Labute approximate surface area is 146 Å². The predicted molar refractivity (Wildman–Crippen MR) is 97.0 cm³/mol. The number of hydrogen-bond acceptors (Lipinski definition) is 5. The number of aromatic amines is 1. The highest BCUT2D eigenvalue weighted by atomic mass is 16.5. The van der Waals surface area contributed by atoms with Crippen molar-refractivity contribution in [3.63, 3.8) is 0 Å². The fraction of sp³-hybridized carbons (Fsp3) is 0.278. The number of nitrogens with zero attached hydrogens (tertiary/aromatic N) is 4. The lowest BCUT2D eigenvalue weighted by atomic mass is 10.2. The van der Waals surface area contributed by atoms with Crippen LogP contribution < -0.4 is 9.64 Å². The third kappa shape index (κ3) is 4.06. The fourth-order valence-corrected chi connectivity index (χ4v) is 2.35. The molecule has 25 heavy (non-hydrogen) atoms. The van der Waals surface area contributed by atoms with Crippen LogP contribution in [0.2, 0.25) is 0 Å². The monoisotopic (exact) mass is 339 g/mol. The molecule has 0 atom stereocenters. The second-order valence-electron chi connectivity index (χ2n) is 5.91. The van der Waals surface area contributed by atoms with Gasteiger partial charge in [-0.1, -0.05) is 0 Å². The third-order valence-corrected chi connectivity index (χ3v) is 4.05. The number of nitrogens with one attached hydrogen (secondary N) is 1. The van der Waals surface area contributed by atoms with Crippen LogP contribution in [0.25, 0.3) is 10.9 Å². The Balaban J connectivity index is 1.69. The molecule has 0 aliphatic carbocycles. The summed E-state index contributed by atoms with van der Waals surface area (Å²) in [5, 5.41) is 1.13. The molecule has 1 amide bonds. The van der Waals surface area contributed by atoms with Gasteiger partial charge in [-0.25, -0.2) is 0 Å². The Morgan fingerprint density at radius 1 is 1.20 bits per heavy atom. The maximum Gasteiger partial charge on any atom is 0.239 e. The molecule has 3 aromatic rings. The maximum absolute atomic E-state index is 11.3. The molecule has 0 radical (unpaired) electrons. The molecule has 0 saturated carbocycles. The first-order valence-electron chi connectivity index (χ1n) is 8.03. The number of ether oxygens (including phenoxy) is 1. The number of likely N-dealkylation sites (N-methyl/N-ethyl adjacent to an activating group) is 2. The number of carbonyl (C=O) groups excluding carboxylic acids is 1. The first kappa shape index (κ1) is 16.8. The van der Waals surface area contributed by atoms with Gasteiger partial charge in [0.05, 0.1) is 12.4 Å². The SMILES string of the molecule is CC(=O)N(C)CCN(C)c1cncc(Oc2ccc3cc[nH]c3c2)n1. The van der Waals surface area contributed by atoms with Crippen LogP contribution in [0.15, 0.2) is 42.9 Å². The van der Waals surface area contributed by atoms with E-state index in [0.29, 0.717) is 30.5 Å². The van der Waals surface area contributed by atoms with Crippen molar-refractivity contribution in [2.45, 2.75) is 6.92 Å². The fourth-order valence-electron chi connectivity index (χ4n) is 2.35. The molecule has 2 heterocycles. The van der Waals surface area contributed by atoms with E-state index in [-0.39, 0.29) is 5.91 Å². The van der Waals surface area contributed by atoms with E-state index in [1.54, 1.807) is 31.3 Å². The van der Waals surface area contributed by atoms with Crippen LogP contribution in [-0.4, -0.2) is 52.9 Å². The van der Waals surface area contributed by atoms with Crippen molar-refractivity contribution in [1.29, 1.82) is 0 Å². The van der Waals surface area contributed by atoms with Crippen molar-refractivity contribution < 1.29 is 9.53 Å². The average molecular weight is 339 g/mol. The summed E-state index contributed by atoms with van der Waals surface area (Å²) in [7, 11) is 3.69. The highest BCUT2D eigenvalue weighted by Crippen LogP contribution is 2.24. The van der Waals surface area contributed by atoms with Crippen molar-refractivity contribution in [3.05, 3.63) is 42.9 Å². The smallest absolute Gasteiger partial charge is 0.239 e. The van der Waals surface area contributed by atoms with E-state index >= 15 is 0 Å². The Morgan fingerprint density at radius 3 is 2.84 bits per heavy atom. The zero-order valence-electron chi connectivity index (χ0n) is 14.6. The van der Waals surface area contributed by atoms with Gasteiger partial charge in [0, 0.05) is 51.9 Å². The molecule has 7 heteroatoms. The summed E-state index contributed by atoms with van der Waals surface area (Å²) in [6.45, 7) is 2.82. The maximum atomic E-state index is 11.3. The number of carbonyl (C=O) groups is 1. The zero-order valence-corrected chi connectivity index (χ0v) is 14.6. The summed E-state index contributed by atoms with van der Waals surface area (Å²) >= 11 is 0. The highest BCUT2D eigenvalue weighted by molar-refractivity contribution is 5.80. The molecule has 0 unspecified atom stereocenters. The van der Waals surface area contributed by atoms with E-state index in [1.807, 2.05) is 42.4 Å². The second-order valence-corrected chi connectivity index (χ2v) is 5.91. The van der Waals surface area contributed by atoms with Gasteiger partial charge in [-0.2, -0.15) is 4.98 Å². The lowest BCUT2D eigenvalue weighted by Crippen LogP contribution is -2.33. The quantitative estimate of drug-likeness (QED) is 0.747. The Hall–Kier alpha value is -3.09. The van der Waals surface area contributed by atoms with E-state index < -0.39 is 0 Å². The average Bonchev–Trinajstić information content (AvgIpc) is 3.07. The van der Waals surface area contributed by atoms with E-state index in [4.69, 9.17) is 4.74 Å².